The second-order valence-electron chi connectivity index (χ2n) is 4.12. The first-order valence-electron chi connectivity index (χ1n) is 4.99. The Labute approximate surface area is 104 Å². The second kappa shape index (κ2) is 5.44. The molecular weight excluding hydrogens is 246 g/mol. The average Bonchev–Trinajstić information content (AvgIpc) is 2.28. The Kier molecular flexibility index (Phi) is 4.44. The topological polar surface area (TPSA) is 94.4 Å². The molecule has 0 unspecified atom stereocenters. The molecule has 1 aromatic heterocycles. The van der Waals surface area contributed by atoms with Crippen LogP contribution >= 0.6 is 11.6 Å². The van der Waals surface area contributed by atoms with Gasteiger partial charge in [0, 0.05) is 14.1 Å². The van der Waals surface area contributed by atoms with Crippen LogP contribution in [-0.2, 0) is 0 Å². The van der Waals surface area contributed by atoms with Crippen molar-refractivity contribution >= 4 is 23.5 Å². The van der Waals surface area contributed by atoms with Crippen LogP contribution in [0.15, 0.2) is 0 Å². The van der Waals surface area contributed by atoms with E-state index in [2.05, 4.69) is 20.3 Å². The van der Waals surface area contributed by atoms with Crippen LogP contribution in [0.25, 0.3) is 0 Å². The van der Waals surface area contributed by atoms with Gasteiger partial charge in [-0.15, -0.1) is 0 Å². The third-order valence-corrected chi connectivity index (χ3v) is 2.28. The number of hydrogen-bond donors (Lipinski definition) is 3. The number of nitrogens with one attached hydrogen (secondary N) is 1. The number of aliphatic hydroxyl groups excluding tert-OH is 2. The Balaban J connectivity index is 2.98. The molecule has 0 radical (unpaired) electrons. The molecule has 1 aromatic rings. The molecule has 17 heavy (non-hydrogen) atoms. The van der Waals surface area contributed by atoms with E-state index in [1.165, 1.54) is 0 Å². The predicted molar refractivity (Wildman–Crippen MR) is 65.4 cm³/mol. The van der Waals surface area contributed by atoms with Crippen molar-refractivity contribution in [2.75, 3.05) is 37.5 Å². The molecule has 0 saturated carbocycles. The van der Waals surface area contributed by atoms with Crippen LogP contribution in [0, 0.1) is 0 Å². The number of hydrogen-bond acceptors (Lipinski definition) is 7. The molecule has 8 heteroatoms. The molecule has 3 N–H and O–H groups in total. The van der Waals surface area contributed by atoms with Gasteiger partial charge in [-0.3, -0.25) is 0 Å². The number of aromatic nitrogens is 3. The maximum atomic E-state index is 9.16. The molecule has 0 aliphatic carbocycles. The zero-order valence-corrected chi connectivity index (χ0v) is 10.7. The fourth-order valence-corrected chi connectivity index (χ4v) is 1.15. The molecule has 0 saturated heterocycles. The molecule has 0 fully saturated rings. The maximum absolute atomic E-state index is 9.16. The normalized spacial score (nSPS) is 11.4. The van der Waals surface area contributed by atoms with E-state index in [4.69, 9.17) is 21.8 Å². The van der Waals surface area contributed by atoms with Gasteiger partial charge in [0.25, 0.3) is 0 Å². The van der Waals surface area contributed by atoms with E-state index < -0.39 is 5.54 Å². The van der Waals surface area contributed by atoms with E-state index in [0.29, 0.717) is 5.95 Å². The Morgan fingerprint density at radius 2 is 1.82 bits per heavy atom. The third-order valence-electron chi connectivity index (χ3n) is 2.11. The molecule has 0 aromatic carbocycles. The Morgan fingerprint density at radius 1 is 1.24 bits per heavy atom. The van der Waals surface area contributed by atoms with E-state index in [1.54, 1.807) is 25.9 Å². The van der Waals surface area contributed by atoms with Gasteiger partial charge in [-0.05, 0) is 18.5 Å². The molecule has 0 spiro atoms. The van der Waals surface area contributed by atoms with Gasteiger partial charge in [-0.25, -0.2) is 0 Å². The van der Waals surface area contributed by atoms with Gasteiger partial charge in [0.2, 0.25) is 17.2 Å². The fraction of sp³-hybridized carbons (Fsp3) is 0.667. The van der Waals surface area contributed by atoms with E-state index in [9.17, 15) is 0 Å². The van der Waals surface area contributed by atoms with Crippen LogP contribution < -0.4 is 10.2 Å². The summed E-state index contributed by atoms with van der Waals surface area (Å²) in [4.78, 5) is 13.6. The van der Waals surface area contributed by atoms with Crippen LogP contribution in [0.3, 0.4) is 0 Å². The summed E-state index contributed by atoms with van der Waals surface area (Å²) in [7, 11) is 3.54. The Hall–Kier alpha value is -1.18. The van der Waals surface area contributed by atoms with E-state index in [0.717, 1.165) is 0 Å². The second-order valence-corrected chi connectivity index (χ2v) is 4.46. The van der Waals surface area contributed by atoms with Crippen molar-refractivity contribution in [3.8, 4) is 0 Å². The lowest BCUT2D eigenvalue weighted by Crippen LogP contribution is -2.43. The third kappa shape index (κ3) is 3.65. The van der Waals surface area contributed by atoms with Gasteiger partial charge in [0.15, 0.2) is 0 Å². The molecule has 0 aliphatic rings. The fourth-order valence-electron chi connectivity index (χ4n) is 0.995. The van der Waals surface area contributed by atoms with Gasteiger partial charge in [-0.2, -0.15) is 15.0 Å². The van der Waals surface area contributed by atoms with Crippen molar-refractivity contribution in [3.63, 3.8) is 0 Å². The monoisotopic (exact) mass is 261 g/mol. The van der Waals surface area contributed by atoms with Gasteiger partial charge in [-0.1, -0.05) is 0 Å². The summed E-state index contributed by atoms with van der Waals surface area (Å²) < 4.78 is 0. The van der Waals surface area contributed by atoms with Crippen molar-refractivity contribution < 1.29 is 10.2 Å². The van der Waals surface area contributed by atoms with Gasteiger partial charge < -0.3 is 20.4 Å². The highest BCUT2D eigenvalue weighted by Gasteiger charge is 2.23. The quantitative estimate of drug-likeness (QED) is 0.673. The highest BCUT2D eigenvalue weighted by molar-refractivity contribution is 6.28. The van der Waals surface area contributed by atoms with Gasteiger partial charge in [0.1, 0.15) is 0 Å². The van der Waals surface area contributed by atoms with E-state index in [1.807, 2.05) is 0 Å². The summed E-state index contributed by atoms with van der Waals surface area (Å²) >= 11 is 5.76. The minimum absolute atomic E-state index is 0.0458. The first kappa shape index (κ1) is 13.9. The van der Waals surface area contributed by atoms with Crippen LogP contribution in [0.2, 0.25) is 5.28 Å². The van der Waals surface area contributed by atoms with Gasteiger partial charge in [0.05, 0.1) is 18.8 Å². The summed E-state index contributed by atoms with van der Waals surface area (Å²) in [6.45, 7) is 1.12. The molecule has 1 heterocycles. The summed E-state index contributed by atoms with van der Waals surface area (Å²) in [6.07, 6.45) is 0. The molecule has 0 aliphatic heterocycles. The van der Waals surface area contributed by atoms with Crippen molar-refractivity contribution in [2.24, 2.45) is 0 Å². The van der Waals surface area contributed by atoms with Crippen LogP contribution in [0.5, 0.6) is 0 Å². The zero-order chi connectivity index (χ0) is 13.1. The molecule has 0 atom stereocenters. The van der Waals surface area contributed by atoms with Crippen molar-refractivity contribution in [1.29, 1.82) is 0 Å². The molecule has 1 rings (SSSR count). The van der Waals surface area contributed by atoms with Crippen molar-refractivity contribution in [1.82, 2.24) is 15.0 Å². The van der Waals surface area contributed by atoms with E-state index >= 15 is 0 Å². The van der Waals surface area contributed by atoms with Crippen molar-refractivity contribution in [2.45, 2.75) is 12.5 Å². The molecule has 96 valence electrons. The summed E-state index contributed by atoms with van der Waals surface area (Å²) in [5.74, 6) is 0.602. The molecule has 0 bridgehead atoms. The SMILES string of the molecule is CN(C)c1nc(Cl)nc(NC(C)(CO)CO)n1. The predicted octanol–water partition coefficient (Wildman–Crippen LogP) is -0.254. The number of nitrogens with zero attached hydrogens (tertiary/aromatic N) is 4. The molecule has 7 nitrogen and oxygen atoms in total. The lowest BCUT2D eigenvalue weighted by atomic mass is 10.1. The zero-order valence-electron chi connectivity index (χ0n) is 9.98. The first-order chi connectivity index (χ1) is 7.90. The number of aliphatic hydroxyl groups is 2. The standard InChI is InChI=1S/C9H16ClN5O2/c1-9(4-16,5-17)14-7-11-6(10)12-8(13-7)15(2)3/h16-17H,4-5H2,1-3H3,(H,11,12,13,14). The number of halogens is 1. The smallest absolute Gasteiger partial charge is 0.230 e. The van der Waals surface area contributed by atoms with Crippen LogP contribution in [0.4, 0.5) is 11.9 Å². The maximum Gasteiger partial charge on any atom is 0.230 e. The number of anilines is 2. The summed E-state index contributed by atoms with van der Waals surface area (Å²) in [5, 5.41) is 21.2. The Bertz CT molecular complexity index is 384. The largest absolute Gasteiger partial charge is 0.394 e. The minimum Gasteiger partial charge on any atom is -0.394 e. The van der Waals surface area contributed by atoms with Crippen LogP contribution in [0.1, 0.15) is 6.92 Å². The van der Waals surface area contributed by atoms with Crippen LogP contribution in [-0.4, -0.2) is 58.0 Å². The van der Waals surface area contributed by atoms with Gasteiger partial charge >= 0.3 is 0 Å². The minimum atomic E-state index is -0.908. The number of rotatable bonds is 5. The summed E-state index contributed by atoms with van der Waals surface area (Å²) in [5.41, 5.74) is -0.908. The molecular formula is C9H16ClN5O2. The van der Waals surface area contributed by atoms with Crippen molar-refractivity contribution in [3.05, 3.63) is 5.28 Å². The molecule has 0 amide bonds. The lowest BCUT2D eigenvalue weighted by Gasteiger charge is -2.26. The van der Waals surface area contributed by atoms with E-state index in [-0.39, 0.29) is 24.4 Å². The highest BCUT2D eigenvalue weighted by atomic mass is 35.5. The first-order valence-corrected chi connectivity index (χ1v) is 5.37. The highest BCUT2D eigenvalue weighted by Crippen LogP contribution is 2.15. The summed E-state index contributed by atoms with van der Waals surface area (Å²) in [6, 6.07) is 0. The average molecular weight is 262 g/mol. The Morgan fingerprint density at radius 3 is 2.29 bits per heavy atom. The lowest BCUT2D eigenvalue weighted by molar-refractivity contribution is 0.147.